The normalized spacial score (nSPS) is 38.7. The second kappa shape index (κ2) is 8.95. The van der Waals surface area contributed by atoms with E-state index >= 15 is 0 Å². The Morgan fingerprint density at radius 3 is 2.78 bits per heavy atom. The zero-order valence-corrected chi connectivity index (χ0v) is 17.8. The number of hydrogen-bond donors (Lipinski definition) is 1. The SMILES string of the molecule is C=C1CC/C(=C/C=C2\CCC[C@@]3(C)C2CCC3[C@@H](C)/C=C/CCC)C[C@H]1O. The van der Waals surface area contributed by atoms with E-state index in [-0.39, 0.29) is 6.10 Å². The molecule has 1 heteroatoms. The van der Waals surface area contributed by atoms with Gasteiger partial charge in [0.2, 0.25) is 0 Å². The van der Waals surface area contributed by atoms with Crippen molar-refractivity contribution >= 4 is 0 Å². The van der Waals surface area contributed by atoms with Crippen molar-refractivity contribution in [2.45, 2.75) is 91.1 Å². The average molecular weight is 369 g/mol. The molecule has 3 saturated carbocycles. The van der Waals surface area contributed by atoms with Crippen LogP contribution in [0.25, 0.3) is 0 Å². The predicted octanol–water partition coefficient (Wildman–Crippen LogP) is 7.15. The fraction of sp³-hybridized carbons (Fsp3) is 0.692. The van der Waals surface area contributed by atoms with Gasteiger partial charge in [-0.3, -0.25) is 0 Å². The van der Waals surface area contributed by atoms with Crippen molar-refractivity contribution in [1.29, 1.82) is 0 Å². The Balaban J connectivity index is 1.72. The van der Waals surface area contributed by atoms with Gasteiger partial charge in [0.05, 0.1) is 6.10 Å². The third-order valence-corrected chi connectivity index (χ3v) is 7.79. The van der Waals surface area contributed by atoms with Crippen molar-refractivity contribution in [3.8, 4) is 0 Å². The zero-order valence-electron chi connectivity index (χ0n) is 17.8. The maximum atomic E-state index is 10.1. The van der Waals surface area contributed by atoms with Crippen molar-refractivity contribution in [2.75, 3.05) is 0 Å². The highest BCUT2D eigenvalue weighted by Gasteiger charge is 2.50. The van der Waals surface area contributed by atoms with Crippen LogP contribution in [0, 0.1) is 23.2 Å². The van der Waals surface area contributed by atoms with Gasteiger partial charge >= 0.3 is 0 Å². The fourth-order valence-electron chi connectivity index (χ4n) is 6.11. The van der Waals surface area contributed by atoms with Crippen molar-refractivity contribution < 1.29 is 5.11 Å². The van der Waals surface area contributed by atoms with Gasteiger partial charge in [0.25, 0.3) is 0 Å². The molecule has 1 nitrogen and oxygen atoms in total. The quantitative estimate of drug-likeness (QED) is 0.511. The summed E-state index contributed by atoms with van der Waals surface area (Å²) in [7, 11) is 0. The summed E-state index contributed by atoms with van der Waals surface area (Å²) in [6.45, 7) is 11.3. The van der Waals surface area contributed by atoms with Crippen molar-refractivity contribution in [2.24, 2.45) is 23.2 Å². The molecule has 3 rings (SSSR count). The van der Waals surface area contributed by atoms with Gasteiger partial charge in [-0.25, -0.2) is 0 Å². The molecule has 0 aliphatic heterocycles. The summed E-state index contributed by atoms with van der Waals surface area (Å²) in [5.74, 6) is 2.29. The molecule has 150 valence electrons. The molecule has 0 saturated heterocycles. The van der Waals surface area contributed by atoms with Crippen LogP contribution in [0.3, 0.4) is 0 Å². The first-order valence-electron chi connectivity index (χ1n) is 11.4. The average Bonchev–Trinajstić information content (AvgIpc) is 3.00. The second-order valence-corrected chi connectivity index (χ2v) is 9.62. The van der Waals surface area contributed by atoms with Crippen LogP contribution in [0.4, 0.5) is 0 Å². The highest BCUT2D eigenvalue weighted by molar-refractivity contribution is 5.28. The van der Waals surface area contributed by atoms with Crippen molar-refractivity contribution in [1.82, 2.24) is 0 Å². The number of rotatable bonds is 5. The second-order valence-electron chi connectivity index (χ2n) is 9.62. The van der Waals surface area contributed by atoms with Gasteiger partial charge in [0.15, 0.2) is 0 Å². The summed E-state index contributed by atoms with van der Waals surface area (Å²) in [6.07, 6.45) is 21.4. The summed E-state index contributed by atoms with van der Waals surface area (Å²) in [4.78, 5) is 0. The Hall–Kier alpha value is -1.08. The Bertz CT molecular complexity index is 622. The summed E-state index contributed by atoms with van der Waals surface area (Å²) >= 11 is 0. The summed E-state index contributed by atoms with van der Waals surface area (Å²) < 4.78 is 0. The monoisotopic (exact) mass is 368 g/mol. The first-order chi connectivity index (χ1) is 13.0. The van der Waals surface area contributed by atoms with Gasteiger partial charge in [-0.05, 0) is 86.5 Å². The van der Waals surface area contributed by atoms with Crippen LogP contribution in [0.1, 0.15) is 85.0 Å². The highest BCUT2D eigenvalue weighted by atomic mass is 16.3. The number of fused-ring (bicyclic) bond motifs is 1. The molecule has 0 heterocycles. The maximum Gasteiger partial charge on any atom is 0.0784 e. The Labute approximate surface area is 167 Å². The van der Waals surface area contributed by atoms with Gasteiger partial charge in [-0.15, -0.1) is 0 Å². The van der Waals surface area contributed by atoms with Crippen LogP contribution < -0.4 is 0 Å². The van der Waals surface area contributed by atoms with E-state index < -0.39 is 0 Å². The molecule has 0 spiro atoms. The minimum absolute atomic E-state index is 0.327. The molecule has 2 unspecified atom stereocenters. The molecule has 3 fully saturated rings. The van der Waals surface area contributed by atoms with Gasteiger partial charge < -0.3 is 5.11 Å². The lowest BCUT2D eigenvalue weighted by Crippen LogP contribution is -2.35. The van der Waals surface area contributed by atoms with E-state index in [1.54, 1.807) is 5.57 Å². The number of aliphatic hydroxyl groups is 1. The topological polar surface area (TPSA) is 20.2 Å². The Kier molecular flexibility index (Phi) is 6.84. The molecular formula is C26H40O. The smallest absolute Gasteiger partial charge is 0.0784 e. The van der Waals surface area contributed by atoms with E-state index in [0.29, 0.717) is 11.3 Å². The molecule has 0 aromatic heterocycles. The molecule has 1 N–H and O–H groups in total. The molecule has 0 bridgehead atoms. The lowest BCUT2D eigenvalue weighted by Gasteiger charge is -2.44. The molecule has 0 radical (unpaired) electrons. The Morgan fingerprint density at radius 1 is 1.22 bits per heavy atom. The molecule has 0 aromatic rings. The molecule has 5 atom stereocenters. The lowest BCUT2D eigenvalue weighted by molar-refractivity contribution is 0.112. The number of hydrogen-bond acceptors (Lipinski definition) is 1. The molecule has 3 aliphatic carbocycles. The van der Waals surface area contributed by atoms with Crippen LogP contribution in [0.15, 0.2) is 47.6 Å². The minimum Gasteiger partial charge on any atom is -0.388 e. The van der Waals surface area contributed by atoms with Gasteiger partial charge in [-0.1, -0.05) is 69.2 Å². The van der Waals surface area contributed by atoms with Crippen LogP contribution in [0.2, 0.25) is 0 Å². The van der Waals surface area contributed by atoms with Crippen molar-refractivity contribution in [3.05, 3.63) is 47.6 Å². The van der Waals surface area contributed by atoms with Gasteiger partial charge in [0, 0.05) is 0 Å². The van der Waals surface area contributed by atoms with E-state index in [9.17, 15) is 5.11 Å². The molecular weight excluding hydrogens is 328 g/mol. The predicted molar refractivity (Wildman–Crippen MR) is 117 cm³/mol. The van der Waals surface area contributed by atoms with Crippen LogP contribution in [-0.2, 0) is 0 Å². The van der Waals surface area contributed by atoms with E-state index in [0.717, 1.165) is 36.7 Å². The molecule has 3 aliphatic rings. The number of aliphatic hydroxyl groups excluding tert-OH is 1. The van der Waals surface area contributed by atoms with E-state index in [1.807, 2.05) is 0 Å². The number of unbranched alkanes of at least 4 members (excludes halogenated alkanes) is 1. The lowest BCUT2D eigenvalue weighted by atomic mass is 9.61. The third-order valence-electron chi connectivity index (χ3n) is 7.79. The van der Waals surface area contributed by atoms with Crippen LogP contribution >= 0.6 is 0 Å². The maximum absolute atomic E-state index is 10.1. The van der Waals surface area contributed by atoms with E-state index in [2.05, 4.69) is 51.7 Å². The molecule has 0 amide bonds. The molecule has 0 aromatic carbocycles. The Morgan fingerprint density at radius 2 is 2.04 bits per heavy atom. The number of allylic oxidation sites excluding steroid dienone is 5. The summed E-state index contributed by atoms with van der Waals surface area (Å²) in [5, 5.41) is 10.1. The van der Waals surface area contributed by atoms with Crippen molar-refractivity contribution in [3.63, 3.8) is 0 Å². The van der Waals surface area contributed by atoms with Crippen LogP contribution in [-0.4, -0.2) is 11.2 Å². The molecule has 27 heavy (non-hydrogen) atoms. The zero-order chi connectivity index (χ0) is 19.4. The first-order valence-corrected chi connectivity index (χ1v) is 11.4. The summed E-state index contributed by atoms with van der Waals surface area (Å²) in [6, 6.07) is 0. The summed E-state index contributed by atoms with van der Waals surface area (Å²) in [5.41, 5.74) is 4.56. The van der Waals surface area contributed by atoms with E-state index in [4.69, 9.17) is 0 Å². The van der Waals surface area contributed by atoms with Gasteiger partial charge in [-0.2, -0.15) is 0 Å². The van der Waals surface area contributed by atoms with E-state index in [1.165, 1.54) is 50.5 Å². The minimum atomic E-state index is -0.327. The largest absolute Gasteiger partial charge is 0.388 e. The first kappa shape index (κ1) is 20.6. The third kappa shape index (κ3) is 4.50. The standard InChI is InChI=1S/C26H40O/c1-5-6-7-9-19(2)23-15-16-24-22(10-8-17-26(23,24)4)14-13-21-12-11-20(3)25(27)18-21/h7,9,13-14,19,23-25,27H,3,5-6,8,10-12,15-18H2,1-2,4H3/b9-7+,21-13-,22-14+/t19-,23?,24?,25+,26+/m0/s1. The van der Waals surface area contributed by atoms with Gasteiger partial charge in [0.1, 0.15) is 0 Å². The fourth-order valence-corrected chi connectivity index (χ4v) is 6.11. The van der Waals surface area contributed by atoms with Crippen LogP contribution in [0.5, 0.6) is 0 Å². The highest BCUT2D eigenvalue weighted by Crippen LogP contribution is 2.59.